The van der Waals surface area contributed by atoms with Crippen molar-refractivity contribution < 1.29 is 14.3 Å². The first-order chi connectivity index (χ1) is 14.2. The summed E-state index contributed by atoms with van der Waals surface area (Å²) in [5, 5.41) is 2.90. The number of nitrogens with zero attached hydrogens (tertiary/aromatic N) is 1. The van der Waals surface area contributed by atoms with Gasteiger partial charge in [-0.05, 0) is 62.4 Å². The number of pyridine rings is 1. The van der Waals surface area contributed by atoms with Crippen molar-refractivity contribution in [1.29, 1.82) is 0 Å². The second-order valence-corrected chi connectivity index (χ2v) is 7.67. The van der Waals surface area contributed by atoms with Gasteiger partial charge in [0.2, 0.25) is 12.4 Å². The fraction of sp³-hybridized carbons (Fsp3) is 0.455. The molecule has 0 radical (unpaired) electrons. The van der Waals surface area contributed by atoms with E-state index in [1.807, 2.05) is 12.1 Å². The van der Waals surface area contributed by atoms with Gasteiger partial charge in [-0.25, -0.2) is 0 Å². The van der Waals surface area contributed by atoms with Gasteiger partial charge in [0.15, 0.2) is 11.5 Å². The number of likely N-dealkylation sites (tertiary alicyclic amines) is 1. The number of aromatic amines is 1. The van der Waals surface area contributed by atoms with Gasteiger partial charge in [0.1, 0.15) is 0 Å². The molecule has 29 heavy (non-hydrogen) atoms. The van der Waals surface area contributed by atoms with Gasteiger partial charge in [-0.1, -0.05) is 12.1 Å². The fourth-order valence-electron chi connectivity index (χ4n) is 4.06. The second-order valence-electron chi connectivity index (χ2n) is 7.67. The fourth-order valence-corrected chi connectivity index (χ4v) is 4.06. The molecule has 0 atom stereocenters. The molecule has 7 nitrogen and oxygen atoms in total. The van der Waals surface area contributed by atoms with E-state index in [0.29, 0.717) is 18.9 Å². The molecule has 3 heterocycles. The molecule has 0 saturated carbocycles. The molecular formula is C22H27N3O4. The molecule has 154 valence electrons. The van der Waals surface area contributed by atoms with Crippen molar-refractivity contribution in [1.82, 2.24) is 15.2 Å². The van der Waals surface area contributed by atoms with Gasteiger partial charge in [-0.3, -0.25) is 9.59 Å². The lowest BCUT2D eigenvalue weighted by Gasteiger charge is -2.32. The van der Waals surface area contributed by atoms with E-state index in [9.17, 15) is 9.59 Å². The number of para-hydroxylation sites is 1. The van der Waals surface area contributed by atoms with Crippen LogP contribution in [0.5, 0.6) is 11.5 Å². The highest BCUT2D eigenvalue weighted by Gasteiger charge is 2.21. The van der Waals surface area contributed by atoms with Crippen LogP contribution in [0.15, 0.2) is 41.3 Å². The Kier molecular flexibility index (Phi) is 6.14. The van der Waals surface area contributed by atoms with E-state index in [4.69, 9.17) is 9.47 Å². The molecule has 2 N–H and O–H groups in total. The Hall–Kier alpha value is -2.80. The number of hydrogen-bond acceptors (Lipinski definition) is 5. The predicted molar refractivity (Wildman–Crippen MR) is 109 cm³/mol. The third-order valence-corrected chi connectivity index (χ3v) is 5.76. The quantitative estimate of drug-likeness (QED) is 0.748. The van der Waals surface area contributed by atoms with Gasteiger partial charge in [0.05, 0.1) is 0 Å². The zero-order chi connectivity index (χ0) is 20.1. The van der Waals surface area contributed by atoms with Crippen molar-refractivity contribution in [3.63, 3.8) is 0 Å². The van der Waals surface area contributed by atoms with Crippen LogP contribution in [-0.2, 0) is 6.42 Å². The first-order valence-corrected chi connectivity index (χ1v) is 10.3. The van der Waals surface area contributed by atoms with Crippen LogP contribution in [0.4, 0.5) is 0 Å². The van der Waals surface area contributed by atoms with Crippen molar-refractivity contribution in [2.24, 2.45) is 5.92 Å². The molecule has 0 aliphatic carbocycles. The lowest BCUT2D eigenvalue weighted by molar-refractivity contribution is 0.0943. The SMILES string of the molecule is O=C(NCCN1CCC(CCc2cccc3c2OCO3)CC1)c1cc[nH]c(=O)c1. The normalized spacial score (nSPS) is 16.7. The summed E-state index contributed by atoms with van der Waals surface area (Å²) in [6, 6.07) is 9.05. The molecule has 0 bridgehead atoms. The highest BCUT2D eigenvalue weighted by atomic mass is 16.7. The van der Waals surface area contributed by atoms with E-state index in [2.05, 4.69) is 21.3 Å². The number of aryl methyl sites for hydroxylation is 1. The molecule has 0 spiro atoms. The van der Waals surface area contributed by atoms with Crippen LogP contribution in [-0.4, -0.2) is 48.8 Å². The lowest BCUT2D eigenvalue weighted by Crippen LogP contribution is -2.39. The molecule has 1 aromatic heterocycles. The predicted octanol–water partition coefficient (Wildman–Crippen LogP) is 2.18. The summed E-state index contributed by atoms with van der Waals surface area (Å²) in [6.45, 7) is 3.85. The Labute approximate surface area is 170 Å². The van der Waals surface area contributed by atoms with Crippen LogP contribution in [0.2, 0.25) is 0 Å². The van der Waals surface area contributed by atoms with Gasteiger partial charge in [0, 0.05) is 30.9 Å². The topological polar surface area (TPSA) is 83.7 Å². The number of rotatable bonds is 7. The highest BCUT2D eigenvalue weighted by molar-refractivity contribution is 5.93. The summed E-state index contributed by atoms with van der Waals surface area (Å²) in [5.74, 6) is 2.29. The Morgan fingerprint density at radius 1 is 1.21 bits per heavy atom. The number of H-pyrrole nitrogens is 1. The summed E-state index contributed by atoms with van der Waals surface area (Å²) in [7, 11) is 0. The molecule has 4 rings (SSSR count). The summed E-state index contributed by atoms with van der Waals surface area (Å²) < 4.78 is 11.1. The molecule has 2 aromatic rings. The Balaban J connectivity index is 1.16. The van der Waals surface area contributed by atoms with Gasteiger partial charge in [-0.2, -0.15) is 0 Å². The highest BCUT2D eigenvalue weighted by Crippen LogP contribution is 2.36. The third kappa shape index (κ3) is 4.98. The lowest BCUT2D eigenvalue weighted by atomic mass is 9.90. The van der Waals surface area contributed by atoms with Gasteiger partial charge in [0.25, 0.3) is 5.91 Å². The third-order valence-electron chi connectivity index (χ3n) is 5.76. The first-order valence-electron chi connectivity index (χ1n) is 10.3. The maximum absolute atomic E-state index is 12.1. The Morgan fingerprint density at radius 2 is 2.07 bits per heavy atom. The Morgan fingerprint density at radius 3 is 2.90 bits per heavy atom. The minimum atomic E-state index is -0.265. The van der Waals surface area contributed by atoms with Crippen molar-refractivity contribution in [3.05, 3.63) is 58.0 Å². The average molecular weight is 397 g/mol. The minimum Gasteiger partial charge on any atom is -0.454 e. The molecule has 1 saturated heterocycles. The average Bonchev–Trinajstić information content (AvgIpc) is 3.22. The molecule has 7 heteroatoms. The van der Waals surface area contributed by atoms with Gasteiger partial charge in [-0.15, -0.1) is 0 Å². The molecule has 0 unspecified atom stereocenters. The van der Waals surface area contributed by atoms with Crippen LogP contribution < -0.4 is 20.3 Å². The maximum atomic E-state index is 12.1. The Bertz CT molecular complexity index is 903. The number of carbonyl (C=O) groups is 1. The smallest absolute Gasteiger partial charge is 0.251 e. The van der Waals surface area contributed by atoms with Crippen molar-refractivity contribution >= 4 is 5.91 Å². The van der Waals surface area contributed by atoms with Crippen molar-refractivity contribution in [3.8, 4) is 11.5 Å². The van der Waals surface area contributed by atoms with E-state index in [-0.39, 0.29) is 11.5 Å². The number of fused-ring (bicyclic) bond motifs is 1. The molecule has 2 aliphatic heterocycles. The minimum absolute atomic E-state index is 0.201. The number of benzene rings is 1. The largest absolute Gasteiger partial charge is 0.454 e. The van der Waals surface area contributed by atoms with Crippen molar-refractivity contribution in [2.45, 2.75) is 25.7 Å². The molecule has 1 amide bonds. The standard InChI is InChI=1S/C22H27N3O4/c26-20-14-18(6-9-23-20)22(27)24-10-13-25-11-7-16(8-12-25)4-5-17-2-1-3-19-21(17)29-15-28-19/h1-3,6,9,14,16H,4-5,7-8,10-13,15H2,(H,23,26)(H,24,27). The number of ether oxygens (including phenoxy) is 2. The van der Waals surface area contributed by atoms with Crippen LogP contribution in [0.3, 0.4) is 0 Å². The van der Waals surface area contributed by atoms with Crippen molar-refractivity contribution in [2.75, 3.05) is 33.0 Å². The molecule has 1 fully saturated rings. The summed E-state index contributed by atoms with van der Waals surface area (Å²) in [4.78, 5) is 28.3. The number of nitrogens with one attached hydrogen (secondary N) is 2. The summed E-state index contributed by atoms with van der Waals surface area (Å²) in [5.41, 5.74) is 1.37. The van der Waals surface area contributed by atoms with Gasteiger partial charge < -0.3 is 24.7 Å². The summed E-state index contributed by atoms with van der Waals surface area (Å²) >= 11 is 0. The second kappa shape index (κ2) is 9.13. The van der Waals surface area contributed by atoms with Gasteiger partial charge >= 0.3 is 0 Å². The molecular weight excluding hydrogens is 370 g/mol. The zero-order valence-electron chi connectivity index (χ0n) is 16.5. The molecule has 1 aromatic carbocycles. The summed E-state index contributed by atoms with van der Waals surface area (Å²) in [6.07, 6.45) is 6.02. The van der Waals surface area contributed by atoms with E-state index in [1.165, 1.54) is 30.7 Å². The van der Waals surface area contributed by atoms with E-state index in [1.54, 1.807) is 6.07 Å². The number of amides is 1. The molecule has 2 aliphatic rings. The van der Waals surface area contributed by atoms with E-state index >= 15 is 0 Å². The van der Waals surface area contributed by atoms with E-state index in [0.717, 1.165) is 49.9 Å². The number of hydrogen-bond donors (Lipinski definition) is 2. The monoisotopic (exact) mass is 397 g/mol. The van der Waals surface area contributed by atoms with Crippen LogP contribution in [0.1, 0.15) is 35.2 Å². The van der Waals surface area contributed by atoms with Crippen LogP contribution in [0, 0.1) is 5.92 Å². The number of piperidine rings is 1. The van der Waals surface area contributed by atoms with Crippen LogP contribution in [0.25, 0.3) is 0 Å². The first kappa shape index (κ1) is 19.5. The zero-order valence-corrected chi connectivity index (χ0v) is 16.5. The number of carbonyl (C=O) groups excluding carboxylic acids is 1. The van der Waals surface area contributed by atoms with Crippen LogP contribution >= 0.6 is 0 Å². The van der Waals surface area contributed by atoms with E-state index < -0.39 is 0 Å². The maximum Gasteiger partial charge on any atom is 0.251 e. The number of aromatic nitrogens is 1.